The summed E-state index contributed by atoms with van der Waals surface area (Å²) in [5.74, 6) is 1.65. The molecular weight excluding hydrogens is 799 g/mol. The number of nitrogens with one attached hydrogen (secondary N) is 4. The van der Waals surface area contributed by atoms with Gasteiger partial charge < -0.3 is 5.32 Å². The minimum atomic E-state index is -0.747. The summed E-state index contributed by atoms with van der Waals surface area (Å²) >= 11 is 6.73. The van der Waals surface area contributed by atoms with Gasteiger partial charge in [-0.05, 0) is 18.6 Å². The fourth-order valence-electron chi connectivity index (χ4n) is 5.10. The van der Waals surface area contributed by atoms with Crippen LogP contribution in [0.25, 0.3) is 0 Å². The summed E-state index contributed by atoms with van der Waals surface area (Å²) in [6.07, 6.45) is 1.75. The van der Waals surface area contributed by atoms with E-state index in [2.05, 4.69) is 42.4 Å². The molecule has 262 valence electrons. The van der Waals surface area contributed by atoms with Crippen molar-refractivity contribution in [2.24, 2.45) is 0 Å². The molecule has 0 aliphatic carbocycles. The first-order valence-electron chi connectivity index (χ1n) is 15.5. The zero-order chi connectivity index (χ0) is 35.2. The molecule has 0 saturated carbocycles. The molecular formula is C32H33ClIN10O5S-. The van der Waals surface area contributed by atoms with Gasteiger partial charge in [0.1, 0.15) is 0 Å². The van der Waals surface area contributed by atoms with Gasteiger partial charge in [0, 0.05) is 0 Å². The van der Waals surface area contributed by atoms with E-state index in [1.165, 1.54) is 22.4 Å². The van der Waals surface area contributed by atoms with Crippen LogP contribution in [0.2, 0.25) is 5.02 Å². The molecule has 50 heavy (non-hydrogen) atoms. The van der Waals surface area contributed by atoms with Gasteiger partial charge in [-0.1, -0.05) is 23.7 Å². The van der Waals surface area contributed by atoms with Crippen LogP contribution in [-0.4, -0.2) is 81.1 Å². The molecule has 2 aliphatic heterocycles. The number of hydrogen-bond acceptors (Lipinski definition) is 12. The molecule has 2 aromatic carbocycles. The maximum atomic E-state index is 12.9. The molecule has 0 unspecified atom stereocenters. The summed E-state index contributed by atoms with van der Waals surface area (Å²) in [6.45, 7) is 6.85. The fourth-order valence-corrected chi connectivity index (χ4v) is 7.77. The van der Waals surface area contributed by atoms with Gasteiger partial charge in [0.25, 0.3) is 0 Å². The number of para-hydroxylation sites is 1. The zero-order valence-electron chi connectivity index (χ0n) is 27.0. The molecule has 4 aromatic rings. The number of nitrogens with zero attached hydrogens (tertiary/aromatic N) is 6. The van der Waals surface area contributed by atoms with Crippen LogP contribution in [0.5, 0.6) is 5.75 Å². The van der Waals surface area contributed by atoms with Crippen molar-refractivity contribution in [1.29, 1.82) is 0 Å². The first-order chi connectivity index (χ1) is 24.1. The Kier molecular flexibility index (Phi) is 11.3. The first kappa shape index (κ1) is 35.2. The van der Waals surface area contributed by atoms with Crippen LogP contribution in [-0.2, 0) is 9.59 Å². The molecule has 4 heterocycles. The number of anilines is 5. The van der Waals surface area contributed by atoms with Crippen molar-refractivity contribution in [3.05, 3.63) is 76.0 Å². The van der Waals surface area contributed by atoms with E-state index in [1.54, 1.807) is 30.3 Å². The van der Waals surface area contributed by atoms with Crippen molar-refractivity contribution in [3.8, 4) is 5.75 Å². The Morgan fingerprint density at radius 2 is 1.82 bits per heavy atom. The van der Waals surface area contributed by atoms with E-state index in [-0.39, 0.29) is 30.7 Å². The number of carbonyl (C=O) groups is 4. The van der Waals surface area contributed by atoms with Crippen molar-refractivity contribution in [2.45, 2.75) is 20.3 Å². The van der Waals surface area contributed by atoms with E-state index in [0.29, 0.717) is 50.3 Å². The Hall–Kier alpha value is -4.59. The Labute approximate surface area is 307 Å². The third-order valence-corrected chi connectivity index (χ3v) is 11.4. The quantitative estimate of drug-likeness (QED) is 0.125. The van der Waals surface area contributed by atoms with Crippen LogP contribution in [0.15, 0.2) is 54.7 Å². The van der Waals surface area contributed by atoms with Crippen LogP contribution < -0.4 is 55.8 Å². The van der Waals surface area contributed by atoms with Crippen LogP contribution in [0.4, 0.5) is 32.9 Å². The molecule has 18 heteroatoms. The summed E-state index contributed by atoms with van der Waals surface area (Å²) in [5.41, 5.74) is 2.08. The molecule has 0 spiro atoms. The minimum absolute atomic E-state index is 0.125. The molecule has 0 atom stereocenters. The Morgan fingerprint density at radius 3 is 2.56 bits per heavy atom. The zero-order valence-corrected chi connectivity index (χ0v) is 30.8. The molecule has 2 aromatic heterocycles. The second-order valence-corrected chi connectivity index (χ2v) is 15.1. The number of amides is 5. The number of aryl methyl sites for hydroxylation is 2. The monoisotopic (exact) mass is 831 g/mol. The summed E-state index contributed by atoms with van der Waals surface area (Å²) in [7, 11) is 0. The predicted octanol–water partition coefficient (Wildman–Crippen LogP) is 0.882. The number of rotatable bonds is 11. The fraction of sp³-hybridized carbons (Fsp3) is 0.281. The SMILES string of the molecule is Cc1nc(Nc2ncc(C(=O)Nc3c(C)cccc3Cl)s2)cc(N2CCN([I-]NC(=O)COc3ccc(N4CCC(=O)NC4=O)cc3)CC2)n1. The standard InChI is InChI=1S/C32H33ClIN10O5S/c1-19-4-3-5-23(33)29(19)40-30(47)24-17-35-31(50-24)38-25-16-26(37-20(2)36-25)42-12-14-43(15-13-42)34-41-28(46)18-49-22-8-6-21(7-9-22)44-11-10-27(45)39-32(44)48/h3-9,16-17H,10-15,18H2,1-2H3,(H,40,47)(H,41,46)(H,39,45,48)(H,35,36,37,38)/q-1. The summed E-state index contributed by atoms with van der Waals surface area (Å²) < 4.78 is 10.9. The maximum absolute atomic E-state index is 12.9. The van der Waals surface area contributed by atoms with Crippen molar-refractivity contribution in [2.75, 3.05) is 59.8 Å². The number of carbonyl (C=O) groups excluding carboxylic acids is 4. The molecule has 4 N–H and O–H groups in total. The number of benzene rings is 2. The Bertz CT molecular complexity index is 1880. The van der Waals surface area contributed by atoms with Crippen molar-refractivity contribution in [1.82, 2.24) is 26.9 Å². The summed E-state index contributed by atoms with van der Waals surface area (Å²) in [4.78, 5) is 66.4. The Morgan fingerprint density at radius 1 is 1.04 bits per heavy atom. The van der Waals surface area contributed by atoms with E-state index >= 15 is 0 Å². The van der Waals surface area contributed by atoms with Gasteiger partial charge in [-0.25, -0.2) is 0 Å². The van der Waals surface area contributed by atoms with Gasteiger partial charge >= 0.3 is 241 Å². The third-order valence-electron chi connectivity index (χ3n) is 7.64. The van der Waals surface area contributed by atoms with Crippen LogP contribution in [0, 0.1) is 13.8 Å². The number of thiazole rings is 1. The normalized spacial score (nSPS) is 15.1. The van der Waals surface area contributed by atoms with Crippen LogP contribution in [0.1, 0.15) is 27.5 Å². The van der Waals surface area contributed by atoms with Gasteiger partial charge in [-0.2, -0.15) is 0 Å². The van der Waals surface area contributed by atoms with Crippen molar-refractivity contribution < 1.29 is 45.7 Å². The summed E-state index contributed by atoms with van der Waals surface area (Å²) in [5, 5.41) is 9.35. The topological polar surface area (TPSA) is 174 Å². The molecule has 5 amide bonds. The number of piperazine rings is 1. The number of aromatic nitrogens is 3. The Balaban J connectivity index is 0.943. The van der Waals surface area contributed by atoms with E-state index in [0.717, 1.165) is 37.6 Å². The van der Waals surface area contributed by atoms with E-state index in [4.69, 9.17) is 16.3 Å². The molecule has 6 rings (SSSR count). The van der Waals surface area contributed by atoms with E-state index in [9.17, 15) is 19.2 Å². The van der Waals surface area contributed by atoms with Gasteiger partial charge in [-0.15, -0.1) is 0 Å². The number of hydrogen-bond donors (Lipinski definition) is 4. The third kappa shape index (κ3) is 8.95. The second kappa shape index (κ2) is 16.0. The number of imide groups is 1. The molecule has 0 radical (unpaired) electrons. The number of halogens is 2. The molecule has 2 saturated heterocycles. The average molecular weight is 832 g/mol. The van der Waals surface area contributed by atoms with Crippen molar-refractivity contribution in [3.63, 3.8) is 0 Å². The van der Waals surface area contributed by atoms with E-state index < -0.39 is 27.8 Å². The number of ether oxygens (including phenoxy) is 1. The van der Waals surface area contributed by atoms with Crippen LogP contribution >= 0.6 is 22.9 Å². The van der Waals surface area contributed by atoms with Gasteiger partial charge in [0.05, 0.1) is 10.7 Å². The first-order valence-corrected chi connectivity index (χ1v) is 18.8. The second-order valence-electron chi connectivity index (χ2n) is 11.2. The van der Waals surface area contributed by atoms with E-state index in [1.807, 2.05) is 32.0 Å². The average Bonchev–Trinajstić information content (AvgIpc) is 3.57. The molecule has 2 aliphatic rings. The van der Waals surface area contributed by atoms with Crippen LogP contribution in [0.3, 0.4) is 0 Å². The molecule has 2 fully saturated rings. The number of urea groups is 1. The van der Waals surface area contributed by atoms with Gasteiger partial charge in [-0.3, -0.25) is 9.59 Å². The summed E-state index contributed by atoms with van der Waals surface area (Å²) in [6, 6.07) is 13.6. The van der Waals surface area contributed by atoms with Gasteiger partial charge in [0.2, 0.25) is 0 Å². The molecule has 0 bridgehead atoms. The predicted molar refractivity (Wildman–Crippen MR) is 186 cm³/mol. The molecule has 15 nitrogen and oxygen atoms in total. The van der Waals surface area contributed by atoms with Crippen molar-refractivity contribution >= 4 is 74.8 Å². The van der Waals surface area contributed by atoms with Gasteiger partial charge in [0.15, 0.2) is 0 Å².